The van der Waals surface area contributed by atoms with Gasteiger partial charge in [0.15, 0.2) is 0 Å². The SMILES string of the molecule is CCCCOCCCOC(=O)c1ccccc1C(=O)O. The molecule has 1 aromatic carbocycles. The lowest BCUT2D eigenvalue weighted by molar-refractivity contribution is 0.0436. The zero-order valence-corrected chi connectivity index (χ0v) is 11.6. The topological polar surface area (TPSA) is 72.8 Å². The second kappa shape index (κ2) is 9.09. The van der Waals surface area contributed by atoms with Crippen molar-refractivity contribution in [2.24, 2.45) is 0 Å². The number of esters is 1. The summed E-state index contributed by atoms with van der Waals surface area (Å²) in [5.41, 5.74) is 0.0311. The van der Waals surface area contributed by atoms with Gasteiger partial charge < -0.3 is 14.6 Å². The van der Waals surface area contributed by atoms with Gasteiger partial charge in [-0.25, -0.2) is 9.59 Å². The van der Waals surface area contributed by atoms with E-state index in [1.165, 1.54) is 12.1 Å². The molecule has 0 saturated heterocycles. The number of hydrogen-bond donors (Lipinski definition) is 1. The Hall–Kier alpha value is -1.88. The van der Waals surface area contributed by atoms with E-state index in [9.17, 15) is 9.59 Å². The molecule has 1 rings (SSSR count). The Morgan fingerprint density at radius 2 is 1.70 bits per heavy atom. The first-order valence-corrected chi connectivity index (χ1v) is 6.74. The lowest BCUT2D eigenvalue weighted by Crippen LogP contribution is -2.13. The van der Waals surface area contributed by atoms with Crippen LogP contribution in [0.2, 0.25) is 0 Å². The summed E-state index contributed by atoms with van der Waals surface area (Å²) in [6.07, 6.45) is 2.71. The second-order valence-corrected chi connectivity index (χ2v) is 4.31. The van der Waals surface area contributed by atoms with E-state index in [0.29, 0.717) is 19.6 Å². The van der Waals surface area contributed by atoms with E-state index in [1.807, 2.05) is 0 Å². The summed E-state index contributed by atoms with van der Waals surface area (Å²) in [6, 6.07) is 6.01. The first-order valence-electron chi connectivity index (χ1n) is 6.74. The standard InChI is InChI=1S/C15H20O5/c1-2-3-9-19-10-6-11-20-15(18)13-8-5-4-7-12(13)14(16)17/h4-5,7-8H,2-3,6,9-11H2,1H3,(H,16,17). The molecule has 0 spiro atoms. The third-order valence-electron chi connectivity index (χ3n) is 2.69. The van der Waals surface area contributed by atoms with Crippen LogP contribution in [0.1, 0.15) is 46.9 Å². The highest BCUT2D eigenvalue weighted by molar-refractivity contribution is 6.02. The van der Waals surface area contributed by atoms with Crippen molar-refractivity contribution in [3.8, 4) is 0 Å². The molecule has 0 radical (unpaired) electrons. The molecule has 0 aliphatic heterocycles. The minimum Gasteiger partial charge on any atom is -0.478 e. The molecule has 0 amide bonds. The molecule has 5 heteroatoms. The zero-order valence-electron chi connectivity index (χ0n) is 11.6. The van der Waals surface area contributed by atoms with Crippen LogP contribution in [0.5, 0.6) is 0 Å². The molecular weight excluding hydrogens is 260 g/mol. The van der Waals surface area contributed by atoms with E-state index in [-0.39, 0.29) is 17.7 Å². The zero-order chi connectivity index (χ0) is 14.8. The van der Waals surface area contributed by atoms with Crippen LogP contribution in [0.4, 0.5) is 0 Å². The molecule has 0 heterocycles. The largest absolute Gasteiger partial charge is 0.478 e. The van der Waals surface area contributed by atoms with Crippen LogP contribution >= 0.6 is 0 Å². The normalized spacial score (nSPS) is 10.2. The number of carbonyl (C=O) groups excluding carboxylic acids is 1. The maximum atomic E-state index is 11.8. The molecule has 0 bridgehead atoms. The van der Waals surface area contributed by atoms with Gasteiger partial charge >= 0.3 is 11.9 Å². The maximum Gasteiger partial charge on any atom is 0.339 e. The molecule has 1 N–H and O–H groups in total. The Bertz CT molecular complexity index is 442. The molecule has 1 aromatic rings. The summed E-state index contributed by atoms with van der Waals surface area (Å²) in [7, 11) is 0. The van der Waals surface area contributed by atoms with Crippen molar-refractivity contribution in [1.29, 1.82) is 0 Å². The van der Waals surface area contributed by atoms with Gasteiger partial charge in [0.1, 0.15) is 0 Å². The van der Waals surface area contributed by atoms with E-state index in [0.717, 1.165) is 12.8 Å². The molecule has 0 atom stereocenters. The number of carbonyl (C=O) groups is 2. The highest BCUT2D eigenvalue weighted by Gasteiger charge is 2.16. The van der Waals surface area contributed by atoms with Crippen molar-refractivity contribution < 1.29 is 24.2 Å². The van der Waals surface area contributed by atoms with E-state index in [1.54, 1.807) is 12.1 Å². The molecule has 0 saturated carbocycles. The molecule has 5 nitrogen and oxygen atoms in total. The van der Waals surface area contributed by atoms with Gasteiger partial charge in [-0.1, -0.05) is 25.5 Å². The molecule has 0 fully saturated rings. The average Bonchev–Trinajstić information content (AvgIpc) is 2.46. The average molecular weight is 280 g/mol. The lowest BCUT2D eigenvalue weighted by atomic mass is 10.1. The Kier molecular flexibility index (Phi) is 7.35. The Morgan fingerprint density at radius 1 is 1.05 bits per heavy atom. The summed E-state index contributed by atoms with van der Waals surface area (Å²) in [4.78, 5) is 22.8. The van der Waals surface area contributed by atoms with Crippen molar-refractivity contribution in [3.05, 3.63) is 35.4 Å². The van der Waals surface area contributed by atoms with Crippen molar-refractivity contribution in [2.75, 3.05) is 19.8 Å². The molecule has 110 valence electrons. The van der Waals surface area contributed by atoms with Crippen LogP contribution in [0.15, 0.2) is 24.3 Å². The lowest BCUT2D eigenvalue weighted by Gasteiger charge is -2.07. The molecule has 0 aliphatic rings. The summed E-state index contributed by atoms with van der Waals surface area (Å²) in [5, 5.41) is 8.98. The summed E-state index contributed by atoms with van der Waals surface area (Å²) in [5.74, 6) is -1.75. The number of unbranched alkanes of at least 4 members (excludes halogenated alkanes) is 1. The summed E-state index contributed by atoms with van der Waals surface area (Å²) in [6.45, 7) is 3.56. The Morgan fingerprint density at radius 3 is 2.35 bits per heavy atom. The summed E-state index contributed by atoms with van der Waals surface area (Å²) >= 11 is 0. The molecular formula is C15H20O5. The van der Waals surface area contributed by atoms with Crippen LogP contribution in [0.3, 0.4) is 0 Å². The molecule has 20 heavy (non-hydrogen) atoms. The predicted molar refractivity (Wildman–Crippen MR) is 74.0 cm³/mol. The van der Waals surface area contributed by atoms with Crippen molar-refractivity contribution >= 4 is 11.9 Å². The van der Waals surface area contributed by atoms with Gasteiger partial charge in [0.2, 0.25) is 0 Å². The van der Waals surface area contributed by atoms with E-state index in [4.69, 9.17) is 14.6 Å². The molecule has 0 unspecified atom stereocenters. The quantitative estimate of drug-likeness (QED) is 0.556. The van der Waals surface area contributed by atoms with Crippen molar-refractivity contribution in [3.63, 3.8) is 0 Å². The molecule has 0 aromatic heterocycles. The third-order valence-corrected chi connectivity index (χ3v) is 2.69. The van der Waals surface area contributed by atoms with Gasteiger partial charge in [0, 0.05) is 19.6 Å². The number of hydrogen-bond acceptors (Lipinski definition) is 4. The third kappa shape index (κ3) is 5.40. The van der Waals surface area contributed by atoms with Crippen LogP contribution in [-0.2, 0) is 9.47 Å². The van der Waals surface area contributed by atoms with E-state index in [2.05, 4.69) is 6.92 Å². The van der Waals surface area contributed by atoms with Crippen molar-refractivity contribution in [1.82, 2.24) is 0 Å². The second-order valence-electron chi connectivity index (χ2n) is 4.31. The smallest absolute Gasteiger partial charge is 0.339 e. The highest BCUT2D eigenvalue weighted by Crippen LogP contribution is 2.10. The van der Waals surface area contributed by atoms with Gasteiger partial charge in [0.05, 0.1) is 17.7 Å². The Balaban J connectivity index is 2.35. The number of rotatable bonds is 9. The highest BCUT2D eigenvalue weighted by atomic mass is 16.5. The maximum absolute atomic E-state index is 11.8. The van der Waals surface area contributed by atoms with Crippen LogP contribution in [0, 0.1) is 0 Å². The predicted octanol–water partition coefficient (Wildman–Crippen LogP) is 2.75. The van der Waals surface area contributed by atoms with Gasteiger partial charge in [0.25, 0.3) is 0 Å². The van der Waals surface area contributed by atoms with Crippen LogP contribution < -0.4 is 0 Å². The van der Waals surface area contributed by atoms with E-state index >= 15 is 0 Å². The Labute approximate surface area is 118 Å². The number of aromatic carboxylic acids is 1. The minimum absolute atomic E-state index is 0.0447. The monoisotopic (exact) mass is 280 g/mol. The first kappa shape index (κ1) is 16.2. The number of carboxylic acid groups (broad SMARTS) is 1. The van der Waals surface area contributed by atoms with Crippen LogP contribution in [-0.4, -0.2) is 36.9 Å². The van der Waals surface area contributed by atoms with Gasteiger partial charge in [-0.15, -0.1) is 0 Å². The van der Waals surface area contributed by atoms with Crippen LogP contribution in [0.25, 0.3) is 0 Å². The number of benzene rings is 1. The fourth-order valence-electron chi connectivity index (χ4n) is 1.60. The van der Waals surface area contributed by atoms with Gasteiger partial charge in [-0.2, -0.15) is 0 Å². The molecule has 0 aliphatic carbocycles. The number of carboxylic acids is 1. The van der Waals surface area contributed by atoms with Crippen molar-refractivity contribution in [2.45, 2.75) is 26.2 Å². The first-order chi connectivity index (χ1) is 9.66. The number of ether oxygens (including phenoxy) is 2. The minimum atomic E-state index is -1.14. The summed E-state index contributed by atoms with van der Waals surface area (Å²) < 4.78 is 10.4. The van der Waals surface area contributed by atoms with E-state index < -0.39 is 11.9 Å². The fourth-order valence-corrected chi connectivity index (χ4v) is 1.60. The fraction of sp³-hybridized carbons (Fsp3) is 0.467. The van der Waals surface area contributed by atoms with Gasteiger partial charge in [-0.05, 0) is 18.6 Å². The van der Waals surface area contributed by atoms with Gasteiger partial charge in [-0.3, -0.25) is 0 Å².